The van der Waals surface area contributed by atoms with Crippen LogP contribution in [0.25, 0.3) is 0 Å². The number of piperazine rings is 1. The van der Waals surface area contributed by atoms with Crippen molar-refractivity contribution in [3.8, 4) is 0 Å². The van der Waals surface area contributed by atoms with Gasteiger partial charge in [-0.1, -0.05) is 0 Å². The highest BCUT2D eigenvalue weighted by Gasteiger charge is 2.18. The van der Waals surface area contributed by atoms with E-state index in [0.717, 1.165) is 17.4 Å². The summed E-state index contributed by atoms with van der Waals surface area (Å²) in [7, 11) is -0.307. The van der Waals surface area contributed by atoms with Crippen LogP contribution >= 0.6 is 0 Å². The summed E-state index contributed by atoms with van der Waals surface area (Å²) in [4.78, 5) is 2.49. The summed E-state index contributed by atoms with van der Waals surface area (Å²) >= 11 is 0. The maximum atomic E-state index is 11.4. The Kier molecular flexibility index (Phi) is 3.63. The molecule has 1 rings (SSSR count). The Morgan fingerprint density at radius 2 is 1.85 bits per heavy atom. The molecule has 1 fully saturated rings. The van der Waals surface area contributed by atoms with Crippen molar-refractivity contribution in [3.05, 3.63) is 0 Å². The van der Waals surface area contributed by atoms with Crippen LogP contribution in [0.4, 0.5) is 0 Å². The molecule has 0 radical (unpaired) electrons. The van der Waals surface area contributed by atoms with Gasteiger partial charge in [0.2, 0.25) is 0 Å². The molecule has 7 heteroatoms. The second kappa shape index (κ2) is 4.34. The van der Waals surface area contributed by atoms with E-state index in [-0.39, 0.29) is 0 Å². The van der Waals surface area contributed by atoms with Gasteiger partial charge >= 0.3 is 0 Å². The lowest BCUT2D eigenvalue weighted by atomic mass is 10.4. The topological polar surface area (TPSA) is 64.7 Å². The first-order valence-electron chi connectivity index (χ1n) is 4.18. The molecular formula is C6H16N4O2S. The third-order valence-electron chi connectivity index (χ3n) is 1.84. The molecular weight excluding hydrogens is 192 g/mol. The van der Waals surface area contributed by atoms with Gasteiger partial charge in [0, 0.05) is 40.3 Å². The van der Waals surface area contributed by atoms with E-state index in [2.05, 4.69) is 10.1 Å². The van der Waals surface area contributed by atoms with E-state index in [1.807, 2.05) is 0 Å². The molecule has 13 heavy (non-hydrogen) atoms. The molecule has 0 aromatic rings. The summed E-state index contributed by atoms with van der Waals surface area (Å²) in [5.41, 5.74) is 0. The van der Waals surface area contributed by atoms with Gasteiger partial charge in [0.1, 0.15) is 0 Å². The lowest BCUT2D eigenvalue weighted by molar-refractivity contribution is 0.207. The molecule has 6 nitrogen and oxygen atoms in total. The molecule has 0 aromatic heterocycles. The third kappa shape index (κ3) is 3.20. The van der Waals surface area contributed by atoms with Crippen LogP contribution in [-0.4, -0.2) is 58.0 Å². The number of hydrogen-bond donors (Lipinski definition) is 2. The number of hydrogen-bond acceptors (Lipinski definition) is 4. The van der Waals surface area contributed by atoms with E-state index < -0.39 is 10.2 Å². The first-order chi connectivity index (χ1) is 6.02. The van der Waals surface area contributed by atoms with Gasteiger partial charge in [-0.05, 0) is 0 Å². The highest BCUT2D eigenvalue weighted by molar-refractivity contribution is 7.87. The van der Waals surface area contributed by atoms with Crippen LogP contribution in [0.1, 0.15) is 0 Å². The third-order valence-corrected chi connectivity index (χ3v) is 3.29. The summed E-state index contributed by atoms with van der Waals surface area (Å²) < 4.78 is 23.9. The Morgan fingerprint density at radius 3 is 2.31 bits per heavy atom. The molecule has 1 heterocycles. The quantitative estimate of drug-likeness (QED) is 0.574. The Hall–Kier alpha value is -0.210. The number of rotatable bonds is 3. The molecule has 0 amide bonds. The van der Waals surface area contributed by atoms with Crippen molar-refractivity contribution in [1.82, 2.24) is 19.5 Å². The average molecular weight is 208 g/mol. The highest BCUT2D eigenvalue weighted by atomic mass is 32.2. The van der Waals surface area contributed by atoms with Gasteiger partial charge in [0.05, 0.1) is 0 Å². The van der Waals surface area contributed by atoms with E-state index in [1.165, 1.54) is 14.1 Å². The Labute approximate surface area is 79.0 Å². The van der Waals surface area contributed by atoms with Crippen LogP contribution < -0.4 is 10.1 Å². The van der Waals surface area contributed by atoms with E-state index >= 15 is 0 Å². The molecule has 0 aliphatic carbocycles. The van der Waals surface area contributed by atoms with Crippen molar-refractivity contribution in [2.24, 2.45) is 0 Å². The minimum Gasteiger partial charge on any atom is -0.314 e. The monoisotopic (exact) mass is 208 g/mol. The van der Waals surface area contributed by atoms with Crippen molar-refractivity contribution in [2.45, 2.75) is 0 Å². The summed E-state index contributed by atoms with van der Waals surface area (Å²) in [6.07, 6.45) is 0. The van der Waals surface area contributed by atoms with Crippen molar-refractivity contribution >= 4 is 10.2 Å². The lowest BCUT2D eigenvalue weighted by Gasteiger charge is -2.28. The molecule has 2 N–H and O–H groups in total. The van der Waals surface area contributed by atoms with Crippen molar-refractivity contribution < 1.29 is 8.42 Å². The first-order valence-corrected chi connectivity index (χ1v) is 5.62. The number of nitrogens with zero attached hydrogens (tertiary/aromatic N) is 2. The van der Waals surface area contributed by atoms with Crippen LogP contribution in [0.5, 0.6) is 0 Å². The zero-order valence-electron chi connectivity index (χ0n) is 7.95. The summed E-state index contributed by atoms with van der Waals surface area (Å²) in [6, 6.07) is 0. The van der Waals surface area contributed by atoms with Gasteiger partial charge < -0.3 is 5.32 Å². The van der Waals surface area contributed by atoms with Gasteiger partial charge in [-0.25, -0.2) is 5.01 Å². The molecule has 0 saturated carbocycles. The van der Waals surface area contributed by atoms with Crippen molar-refractivity contribution in [1.29, 1.82) is 0 Å². The molecule has 0 spiro atoms. The molecule has 0 atom stereocenters. The molecule has 1 aliphatic heterocycles. The van der Waals surface area contributed by atoms with Crippen LogP contribution in [0.15, 0.2) is 0 Å². The highest BCUT2D eigenvalue weighted by Crippen LogP contribution is 1.93. The van der Waals surface area contributed by atoms with E-state index in [4.69, 9.17) is 0 Å². The van der Waals surface area contributed by atoms with Gasteiger partial charge in [0.15, 0.2) is 0 Å². The largest absolute Gasteiger partial charge is 0.314 e. The molecule has 0 bridgehead atoms. The van der Waals surface area contributed by atoms with Gasteiger partial charge in [0.25, 0.3) is 10.2 Å². The minimum atomic E-state index is -3.32. The summed E-state index contributed by atoms with van der Waals surface area (Å²) in [5.74, 6) is 0. The molecule has 1 saturated heterocycles. The van der Waals surface area contributed by atoms with Gasteiger partial charge in [-0.2, -0.15) is 12.7 Å². The number of nitrogens with one attached hydrogen (secondary N) is 2. The van der Waals surface area contributed by atoms with E-state index in [1.54, 1.807) is 5.01 Å². The fraction of sp³-hybridized carbons (Fsp3) is 1.00. The second-order valence-corrected chi connectivity index (χ2v) is 4.98. The summed E-state index contributed by atoms with van der Waals surface area (Å²) in [6.45, 7) is 3.03. The van der Waals surface area contributed by atoms with Crippen LogP contribution in [0.3, 0.4) is 0 Å². The normalized spacial score (nSPS) is 20.8. The van der Waals surface area contributed by atoms with E-state index in [9.17, 15) is 8.42 Å². The van der Waals surface area contributed by atoms with Crippen molar-refractivity contribution in [3.63, 3.8) is 0 Å². The van der Waals surface area contributed by atoms with Crippen LogP contribution in [-0.2, 0) is 10.2 Å². The lowest BCUT2D eigenvalue weighted by Crippen LogP contribution is -2.54. The second-order valence-electron chi connectivity index (χ2n) is 3.12. The fourth-order valence-corrected chi connectivity index (χ4v) is 1.67. The zero-order valence-corrected chi connectivity index (χ0v) is 8.76. The Bertz CT molecular complexity index is 245. The maximum absolute atomic E-state index is 11.4. The van der Waals surface area contributed by atoms with Gasteiger partial charge in [-0.15, -0.1) is 4.83 Å². The molecule has 78 valence electrons. The van der Waals surface area contributed by atoms with Crippen LogP contribution in [0.2, 0.25) is 0 Å². The zero-order chi connectivity index (χ0) is 9.90. The fourth-order valence-electron chi connectivity index (χ4n) is 1.00. The average Bonchev–Trinajstić information content (AvgIpc) is 2.05. The summed E-state index contributed by atoms with van der Waals surface area (Å²) in [5, 5.41) is 4.84. The first kappa shape index (κ1) is 10.9. The predicted molar refractivity (Wildman–Crippen MR) is 50.2 cm³/mol. The molecule has 0 unspecified atom stereocenters. The van der Waals surface area contributed by atoms with Gasteiger partial charge in [-0.3, -0.25) is 0 Å². The standard InChI is InChI=1S/C6H16N4O2S/c1-9(2)13(11,12)8-10-5-3-7-4-6-10/h7-8H,3-6H2,1-2H3. The smallest absolute Gasteiger partial charge is 0.291 e. The van der Waals surface area contributed by atoms with Crippen LogP contribution in [0, 0.1) is 0 Å². The maximum Gasteiger partial charge on any atom is 0.291 e. The number of hydrazine groups is 1. The Balaban J connectivity index is 2.47. The predicted octanol–water partition coefficient (Wildman–Crippen LogP) is -1.80. The minimum absolute atomic E-state index is 0.701. The molecule has 0 aromatic carbocycles. The molecule has 1 aliphatic rings. The van der Waals surface area contributed by atoms with E-state index in [0.29, 0.717) is 13.1 Å². The SMILES string of the molecule is CN(C)S(=O)(=O)NN1CCNCC1. The Morgan fingerprint density at radius 1 is 1.31 bits per heavy atom. The van der Waals surface area contributed by atoms with Crippen molar-refractivity contribution in [2.75, 3.05) is 40.3 Å².